The third kappa shape index (κ3) is 5.01. The topological polar surface area (TPSA) is 100 Å². The number of benzene rings is 1. The number of alkyl halides is 3. The van der Waals surface area contributed by atoms with Crippen LogP contribution in [-0.2, 0) is 11.8 Å². The molecule has 4 rings (SSSR count). The van der Waals surface area contributed by atoms with E-state index in [1.54, 1.807) is 26.0 Å². The zero-order chi connectivity index (χ0) is 24.0. The molecule has 0 spiro atoms. The van der Waals surface area contributed by atoms with E-state index in [1.165, 1.54) is 6.07 Å². The van der Waals surface area contributed by atoms with Crippen LogP contribution in [0.2, 0.25) is 0 Å². The Labute approximate surface area is 188 Å². The quantitative estimate of drug-likeness (QED) is 0.534. The number of pyridine rings is 1. The van der Waals surface area contributed by atoms with Crippen molar-refractivity contribution in [2.24, 2.45) is 0 Å². The molecule has 1 fully saturated rings. The summed E-state index contributed by atoms with van der Waals surface area (Å²) < 4.78 is 40.8. The summed E-state index contributed by atoms with van der Waals surface area (Å²) in [4.78, 5) is 16.2. The number of fused-ring (bicyclic) bond motifs is 1. The van der Waals surface area contributed by atoms with E-state index in [1.807, 2.05) is 10.9 Å². The molecule has 3 N–H and O–H groups in total. The van der Waals surface area contributed by atoms with Gasteiger partial charge in [0.05, 0.1) is 23.3 Å². The minimum Gasteiger partial charge on any atom is -0.393 e. The van der Waals surface area contributed by atoms with Crippen molar-refractivity contribution in [1.29, 1.82) is 0 Å². The molecule has 1 aliphatic rings. The van der Waals surface area contributed by atoms with Gasteiger partial charge in [0.2, 0.25) is 0 Å². The Hall–Kier alpha value is -2.98. The zero-order valence-corrected chi connectivity index (χ0v) is 18.2. The van der Waals surface area contributed by atoms with Crippen LogP contribution in [0.25, 0.3) is 10.9 Å². The molecule has 2 aromatic heterocycles. The Morgan fingerprint density at radius 2 is 1.85 bits per heavy atom. The van der Waals surface area contributed by atoms with Crippen LogP contribution < -0.4 is 5.32 Å². The van der Waals surface area contributed by atoms with Crippen molar-refractivity contribution in [2.45, 2.75) is 63.5 Å². The van der Waals surface area contributed by atoms with Gasteiger partial charge in [-0.2, -0.15) is 18.3 Å². The van der Waals surface area contributed by atoms with E-state index < -0.39 is 23.4 Å². The van der Waals surface area contributed by atoms with Crippen LogP contribution in [-0.4, -0.2) is 37.0 Å². The van der Waals surface area contributed by atoms with Gasteiger partial charge in [-0.1, -0.05) is 6.07 Å². The molecule has 176 valence electrons. The fourth-order valence-electron chi connectivity index (χ4n) is 4.12. The fraction of sp³-hybridized carbons (Fsp3) is 0.435. The number of halogens is 3. The number of aliphatic hydroxyl groups is 2. The first-order valence-electron chi connectivity index (χ1n) is 10.7. The number of hydrogen-bond donors (Lipinski definition) is 3. The highest BCUT2D eigenvalue weighted by Crippen LogP contribution is 2.34. The summed E-state index contributed by atoms with van der Waals surface area (Å²) in [6.45, 7) is 3.09. The first-order valence-corrected chi connectivity index (χ1v) is 10.7. The molecule has 0 bridgehead atoms. The highest BCUT2D eigenvalue weighted by atomic mass is 19.4. The van der Waals surface area contributed by atoms with Gasteiger partial charge < -0.3 is 15.5 Å². The van der Waals surface area contributed by atoms with E-state index in [0.29, 0.717) is 29.3 Å². The predicted molar refractivity (Wildman–Crippen MR) is 116 cm³/mol. The van der Waals surface area contributed by atoms with Crippen molar-refractivity contribution < 1.29 is 28.2 Å². The number of amides is 1. The average molecular weight is 462 g/mol. The number of hydrogen-bond acceptors (Lipinski definition) is 5. The lowest BCUT2D eigenvalue weighted by molar-refractivity contribution is -0.141. The summed E-state index contributed by atoms with van der Waals surface area (Å²) in [5, 5.41) is 28.4. The molecule has 0 saturated heterocycles. The molecule has 1 saturated carbocycles. The Bertz CT molecular complexity index is 1180. The van der Waals surface area contributed by atoms with Gasteiger partial charge in [-0.25, -0.2) is 4.98 Å². The van der Waals surface area contributed by atoms with Crippen LogP contribution in [0.1, 0.15) is 67.3 Å². The van der Waals surface area contributed by atoms with Gasteiger partial charge >= 0.3 is 6.18 Å². The van der Waals surface area contributed by atoms with Crippen molar-refractivity contribution in [2.75, 3.05) is 5.32 Å². The van der Waals surface area contributed by atoms with Crippen LogP contribution in [0.3, 0.4) is 0 Å². The average Bonchev–Trinajstić information content (AvgIpc) is 3.15. The van der Waals surface area contributed by atoms with Crippen LogP contribution in [0, 0.1) is 0 Å². The van der Waals surface area contributed by atoms with Crippen LogP contribution in [0.15, 0.2) is 36.5 Å². The highest BCUT2D eigenvalue weighted by Gasteiger charge is 2.33. The maximum Gasteiger partial charge on any atom is 0.433 e. The minimum absolute atomic E-state index is 0.138. The van der Waals surface area contributed by atoms with E-state index in [2.05, 4.69) is 15.4 Å². The lowest BCUT2D eigenvalue weighted by Gasteiger charge is -2.25. The van der Waals surface area contributed by atoms with E-state index in [-0.39, 0.29) is 23.5 Å². The Kier molecular flexibility index (Phi) is 5.92. The largest absolute Gasteiger partial charge is 0.433 e. The molecular weight excluding hydrogens is 437 g/mol. The van der Waals surface area contributed by atoms with E-state index in [0.717, 1.165) is 25.0 Å². The molecule has 1 amide bonds. The van der Waals surface area contributed by atoms with Gasteiger partial charge in [0.1, 0.15) is 11.4 Å². The number of aromatic nitrogens is 3. The minimum atomic E-state index is -4.67. The summed E-state index contributed by atoms with van der Waals surface area (Å²) in [7, 11) is 0. The van der Waals surface area contributed by atoms with E-state index >= 15 is 0 Å². The summed E-state index contributed by atoms with van der Waals surface area (Å²) in [6, 6.07) is 6.56. The molecule has 0 unspecified atom stereocenters. The smallest absolute Gasteiger partial charge is 0.393 e. The van der Waals surface area contributed by atoms with Gasteiger partial charge in [-0.15, -0.1) is 0 Å². The molecule has 1 aliphatic carbocycles. The third-order valence-electron chi connectivity index (χ3n) is 5.88. The van der Waals surface area contributed by atoms with Crippen LogP contribution in [0.5, 0.6) is 0 Å². The lowest BCUT2D eigenvalue weighted by atomic mass is 9.93. The standard InChI is InChI=1S/C23H25F3N4O3/c1-22(2,33)16-11-18-13(12-30(29-18)14-6-8-15(31)9-7-14)10-19(16)28-21(32)17-4-3-5-20(27-17)23(24,25)26/h3-5,10-12,14-15,31,33H,6-9H2,1-2H3,(H,28,32)/t14-,15+. The van der Waals surface area contributed by atoms with Gasteiger partial charge in [0.15, 0.2) is 0 Å². The number of anilines is 1. The van der Waals surface area contributed by atoms with Crippen molar-refractivity contribution in [3.8, 4) is 0 Å². The predicted octanol–water partition coefficient (Wildman–Crippen LogP) is 4.41. The number of carbonyl (C=O) groups is 1. The summed E-state index contributed by atoms with van der Waals surface area (Å²) in [5.41, 5.74) is -1.64. The van der Waals surface area contributed by atoms with Crippen molar-refractivity contribution in [1.82, 2.24) is 14.8 Å². The monoisotopic (exact) mass is 462 g/mol. The molecule has 10 heteroatoms. The maximum absolute atomic E-state index is 13.0. The molecule has 0 atom stereocenters. The van der Waals surface area contributed by atoms with Gasteiger partial charge in [0.25, 0.3) is 5.91 Å². The molecule has 2 heterocycles. The van der Waals surface area contributed by atoms with E-state index in [4.69, 9.17) is 0 Å². The number of rotatable bonds is 4. The first kappa shape index (κ1) is 23.2. The number of nitrogens with zero attached hydrogens (tertiary/aromatic N) is 3. The number of carbonyl (C=O) groups excluding carboxylic acids is 1. The summed E-state index contributed by atoms with van der Waals surface area (Å²) >= 11 is 0. The molecule has 1 aromatic carbocycles. The zero-order valence-electron chi connectivity index (χ0n) is 18.2. The Morgan fingerprint density at radius 3 is 2.48 bits per heavy atom. The van der Waals surface area contributed by atoms with Gasteiger partial charge in [-0.05, 0) is 63.8 Å². The lowest BCUT2D eigenvalue weighted by Crippen LogP contribution is -2.22. The normalized spacial score (nSPS) is 19.6. The van der Waals surface area contributed by atoms with Crippen LogP contribution in [0.4, 0.5) is 18.9 Å². The SMILES string of the molecule is CC(C)(O)c1cc2nn([C@H]3CC[C@@H](O)CC3)cc2cc1NC(=O)c1cccc(C(F)(F)F)n1. The second-order valence-electron chi connectivity index (χ2n) is 8.95. The molecule has 0 radical (unpaired) electrons. The first-order chi connectivity index (χ1) is 15.4. The second kappa shape index (κ2) is 8.42. The second-order valence-corrected chi connectivity index (χ2v) is 8.95. The fourth-order valence-corrected chi connectivity index (χ4v) is 4.12. The summed E-state index contributed by atoms with van der Waals surface area (Å²) in [5.74, 6) is -0.820. The molecule has 0 aliphatic heterocycles. The maximum atomic E-state index is 13.0. The highest BCUT2D eigenvalue weighted by molar-refractivity contribution is 6.04. The van der Waals surface area contributed by atoms with Gasteiger partial charge in [0, 0.05) is 22.8 Å². The molecular formula is C23H25F3N4O3. The number of nitrogens with one attached hydrogen (secondary N) is 1. The summed E-state index contributed by atoms with van der Waals surface area (Å²) in [6.07, 6.45) is -0.153. The van der Waals surface area contributed by atoms with Crippen LogP contribution >= 0.6 is 0 Å². The van der Waals surface area contributed by atoms with E-state index in [9.17, 15) is 28.2 Å². The van der Waals surface area contributed by atoms with Gasteiger partial charge in [-0.3, -0.25) is 9.48 Å². The molecule has 3 aromatic rings. The Morgan fingerprint density at radius 1 is 1.15 bits per heavy atom. The molecule has 33 heavy (non-hydrogen) atoms. The third-order valence-corrected chi connectivity index (χ3v) is 5.88. The molecule has 7 nitrogen and oxygen atoms in total. The van der Waals surface area contributed by atoms with Crippen molar-refractivity contribution in [3.63, 3.8) is 0 Å². The van der Waals surface area contributed by atoms with Crippen molar-refractivity contribution >= 4 is 22.5 Å². The Balaban J connectivity index is 1.68. The van der Waals surface area contributed by atoms with Crippen molar-refractivity contribution in [3.05, 3.63) is 53.5 Å². The number of aliphatic hydroxyl groups excluding tert-OH is 1.